The van der Waals surface area contributed by atoms with Crippen molar-refractivity contribution in [2.75, 3.05) is 0 Å². The van der Waals surface area contributed by atoms with Crippen molar-refractivity contribution in [3.05, 3.63) is 48.0 Å². The van der Waals surface area contributed by atoms with Gasteiger partial charge in [-0.15, -0.1) is 0 Å². The standard InChI is InChI=1S/C12H13N/c1-9(13)11-8-4-6-10-5-2-3-7-12(10)11/h2-9H,13H2,1H3/t9-/m0/s1/i1D3. The van der Waals surface area contributed by atoms with Gasteiger partial charge in [0, 0.05) is 10.2 Å². The number of hydrogen-bond donors (Lipinski definition) is 1. The van der Waals surface area contributed by atoms with E-state index in [9.17, 15) is 0 Å². The van der Waals surface area contributed by atoms with E-state index in [1.165, 1.54) is 0 Å². The van der Waals surface area contributed by atoms with Gasteiger partial charge in [0.15, 0.2) is 0 Å². The van der Waals surface area contributed by atoms with Crippen LogP contribution in [0.15, 0.2) is 42.5 Å². The van der Waals surface area contributed by atoms with Crippen molar-refractivity contribution in [2.45, 2.75) is 12.9 Å². The van der Waals surface area contributed by atoms with Crippen molar-refractivity contribution >= 4 is 10.8 Å². The fourth-order valence-electron chi connectivity index (χ4n) is 1.52. The predicted octanol–water partition coefficient (Wildman–Crippen LogP) is 2.86. The summed E-state index contributed by atoms with van der Waals surface area (Å²) in [5.41, 5.74) is 6.45. The lowest BCUT2D eigenvalue weighted by Gasteiger charge is -2.09. The highest BCUT2D eigenvalue weighted by molar-refractivity contribution is 5.85. The molecule has 1 nitrogen and oxygen atoms in total. The third-order valence-corrected chi connectivity index (χ3v) is 2.16. The van der Waals surface area contributed by atoms with Gasteiger partial charge in [-0.25, -0.2) is 0 Å². The minimum Gasteiger partial charge on any atom is -0.324 e. The fraction of sp³-hybridized carbons (Fsp3) is 0.167. The van der Waals surface area contributed by atoms with Crippen LogP contribution >= 0.6 is 0 Å². The topological polar surface area (TPSA) is 26.0 Å². The molecule has 0 aliphatic heterocycles. The highest BCUT2D eigenvalue weighted by Crippen LogP contribution is 2.22. The largest absolute Gasteiger partial charge is 0.324 e. The Balaban J connectivity index is 2.61. The van der Waals surface area contributed by atoms with E-state index in [0.29, 0.717) is 5.56 Å². The monoisotopic (exact) mass is 174 g/mol. The molecule has 1 heteroatoms. The lowest BCUT2D eigenvalue weighted by molar-refractivity contribution is 0.827. The molecule has 2 N–H and O–H groups in total. The molecule has 0 saturated carbocycles. The van der Waals surface area contributed by atoms with Crippen molar-refractivity contribution in [1.29, 1.82) is 0 Å². The lowest BCUT2D eigenvalue weighted by atomic mass is 10.0. The second-order valence-corrected chi connectivity index (χ2v) is 3.05. The maximum atomic E-state index is 7.36. The number of benzene rings is 2. The molecule has 0 fully saturated rings. The molecule has 0 amide bonds. The molecule has 0 unspecified atom stereocenters. The Kier molecular flexibility index (Phi) is 1.33. The van der Waals surface area contributed by atoms with Gasteiger partial charge in [0.05, 0.1) is 0 Å². The summed E-state index contributed by atoms with van der Waals surface area (Å²) in [7, 11) is 0. The van der Waals surface area contributed by atoms with Crippen molar-refractivity contribution in [3.8, 4) is 0 Å². The number of nitrogens with two attached hydrogens (primary N) is 1. The molecule has 13 heavy (non-hydrogen) atoms. The molecule has 0 radical (unpaired) electrons. The average molecular weight is 174 g/mol. The van der Waals surface area contributed by atoms with Crippen LogP contribution in [0.2, 0.25) is 0 Å². The van der Waals surface area contributed by atoms with Crippen molar-refractivity contribution in [2.24, 2.45) is 5.73 Å². The first kappa shape index (κ1) is 5.40. The second kappa shape index (κ2) is 3.19. The van der Waals surface area contributed by atoms with Gasteiger partial charge in [0.2, 0.25) is 0 Å². The van der Waals surface area contributed by atoms with E-state index in [1.807, 2.05) is 36.4 Å². The average Bonchev–Trinajstić information content (AvgIpc) is 2.26. The molecule has 0 aliphatic rings. The molecule has 0 bridgehead atoms. The van der Waals surface area contributed by atoms with Gasteiger partial charge in [-0.05, 0) is 23.2 Å². The summed E-state index contributed by atoms with van der Waals surface area (Å²) in [4.78, 5) is 0. The van der Waals surface area contributed by atoms with Gasteiger partial charge in [-0.3, -0.25) is 0 Å². The summed E-state index contributed by atoms with van der Waals surface area (Å²) in [6, 6.07) is 12.3. The van der Waals surface area contributed by atoms with E-state index in [4.69, 9.17) is 9.85 Å². The van der Waals surface area contributed by atoms with E-state index in [1.54, 1.807) is 6.07 Å². The van der Waals surface area contributed by atoms with Crippen molar-refractivity contribution in [1.82, 2.24) is 0 Å². The molecule has 0 aromatic heterocycles. The number of fused-ring (bicyclic) bond motifs is 1. The molecule has 2 aromatic carbocycles. The van der Waals surface area contributed by atoms with Gasteiger partial charge in [0.25, 0.3) is 0 Å². The zero-order chi connectivity index (χ0) is 11.8. The molecular weight excluding hydrogens is 158 g/mol. The summed E-state index contributed by atoms with van der Waals surface area (Å²) in [5.74, 6) is 0. The summed E-state index contributed by atoms with van der Waals surface area (Å²) >= 11 is 0. The Morgan fingerprint density at radius 3 is 2.77 bits per heavy atom. The normalized spacial score (nSPS) is 17.5. The first-order valence-corrected chi connectivity index (χ1v) is 4.23. The maximum absolute atomic E-state index is 7.36. The zero-order valence-electron chi connectivity index (χ0n) is 10.2. The summed E-state index contributed by atoms with van der Waals surface area (Å²) < 4.78 is 22.1. The predicted molar refractivity (Wildman–Crippen MR) is 56.6 cm³/mol. The summed E-state index contributed by atoms with van der Waals surface area (Å²) in [5, 5.41) is 1.92. The Bertz CT molecular complexity index is 500. The van der Waals surface area contributed by atoms with E-state index in [2.05, 4.69) is 0 Å². The first-order valence-electron chi connectivity index (χ1n) is 5.73. The van der Waals surface area contributed by atoms with Crippen LogP contribution in [0.1, 0.15) is 22.6 Å². The minimum absolute atomic E-state index is 0.679. The lowest BCUT2D eigenvalue weighted by Crippen LogP contribution is -2.05. The van der Waals surface area contributed by atoms with Crippen LogP contribution in [-0.2, 0) is 0 Å². The Morgan fingerprint density at radius 1 is 1.15 bits per heavy atom. The molecular formula is C12H13N. The van der Waals surface area contributed by atoms with Crippen LogP contribution < -0.4 is 5.73 Å². The van der Waals surface area contributed by atoms with Crippen LogP contribution in [0.5, 0.6) is 0 Å². The van der Waals surface area contributed by atoms with E-state index < -0.39 is 12.9 Å². The molecule has 1 atom stereocenters. The Hall–Kier alpha value is -1.34. The van der Waals surface area contributed by atoms with Crippen LogP contribution in [0.3, 0.4) is 0 Å². The van der Waals surface area contributed by atoms with Crippen LogP contribution in [0, 0.1) is 0 Å². The third kappa shape index (κ3) is 1.43. The van der Waals surface area contributed by atoms with Gasteiger partial charge >= 0.3 is 0 Å². The zero-order valence-corrected chi connectivity index (χ0v) is 7.20. The molecule has 66 valence electrons. The highest BCUT2D eigenvalue weighted by atomic mass is 14.6. The van der Waals surface area contributed by atoms with Gasteiger partial charge in [-0.1, -0.05) is 42.5 Å². The van der Waals surface area contributed by atoms with E-state index in [-0.39, 0.29) is 0 Å². The second-order valence-electron chi connectivity index (χ2n) is 3.05. The van der Waals surface area contributed by atoms with Gasteiger partial charge < -0.3 is 5.73 Å². The molecule has 0 aliphatic carbocycles. The number of hydrogen-bond acceptors (Lipinski definition) is 1. The van der Waals surface area contributed by atoms with Crippen LogP contribution in [-0.4, -0.2) is 0 Å². The number of rotatable bonds is 1. The Morgan fingerprint density at radius 2 is 1.92 bits per heavy atom. The van der Waals surface area contributed by atoms with E-state index in [0.717, 1.165) is 10.8 Å². The fourth-order valence-corrected chi connectivity index (χ4v) is 1.52. The first-order chi connectivity index (χ1) is 7.50. The van der Waals surface area contributed by atoms with E-state index >= 15 is 0 Å². The van der Waals surface area contributed by atoms with Gasteiger partial charge in [0.1, 0.15) is 0 Å². The maximum Gasteiger partial charge on any atom is 0.0272 e. The molecule has 0 spiro atoms. The van der Waals surface area contributed by atoms with Crippen molar-refractivity contribution < 1.29 is 4.11 Å². The quantitative estimate of drug-likeness (QED) is 0.706. The molecule has 0 saturated heterocycles. The highest BCUT2D eigenvalue weighted by Gasteiger charge is 2.02. The van der Waals surface area contributed by atoms with Crippen LogP contribution in [0.4, 0.5) is 0 Å². The molecule has 2 aromatic rings. The molecule has 2 rings (SSSR count). The summed E-state index contributed by atoms with van der Waals surface area (Å²) in [6.45, 7) is -2.16. The van der Waals surface area contributed by atoms with Gasteiger partial charge in [-0.2, -0.15) is 0 Å². The van der Waals surface area contributed by atoms with Crippen molar-refractivity contribution in [3.63, 3.8) is 0 Å². The van der Waals surface area contributed by atoms with Crippen LogP contribution in [0.25, 0.3) is 10.8 Å². The SMILES string of the molecule is [2H]C([2H])([2H])[C@H](N)c1cccc2ccccc12. The Labute approximate surface area is 82.4 Å². The molecule has 0 heterocycles. The summed E-state index contributed by atoms with van der Waals surface area (Å²) in [6.07, 6.45) is 0. The third-order valence-electron chi connectivity index (χ3n) is 2.16. The smallest absolute Gasteiger partial charge is 0.0272 e. The minimum atomic E-state index is -2.16.